The lowest BCUT2D eigenvalue weighted by atomic mass is 9.97. The molecule has 170 valence electrons. The van der Waals surface area contributed by atoms with Crippen LogP contribution < -0.4 is 10.1 Å². The normalized spacial score (nSPS) is 15.4. The van der Waals surface area contributed by atoms with Gasteiger partial charge < -0.3 is 15.0 Å². The van der Waals surface area contributed by atoms with Gasteiger partial charge in [0.1, 0.15) is 11.8 Å². The lowest BCUT2D eigenvalue weighted by Crippen LogP contribution is -2.46. The number of carbonyl (C=O) groups is 2. The Hall–Kier alpha value is -3.60. The molecule has 3 aromatic carbocycles. The standard InChI is InChI=1S/C28H30N2O3/c1-18-23(33-5)16-15-22-24(18)27(32)30(25(22)26(31)29-28(2,3)4)17-20-13-9-10-14-21(20)19-11-7-6-8-12-19/h6-16,25H,17H2,1-5H3,(H,29,31). The second-order valence-electron chi connectivity index (χ2n) is 9.46. The van der Waals surface area contributed by atoms with Crippen LogP contribution in [0.4, 0.5) is 0 Å². The molecule has 1 N–H and O–H groups in total. The molecule has 0 fully saturated rings. The quantitative estimate of drug-likeness (QED) is 0.585. The van der Waals surface area contributed by atoms with Crippen LogP contribution in [0.1, 0.15) is 53.9 Å². The molecule has 1 atom stereocenters. The molecule has 1 heterocycles. The highest BCUT2D eigenvalue weighted by atomic mass is 16.5. The largest absolute Gasteiger partial charge is 0.496 e. The average Bonchev–Trinajstić information content (AvgIpc) is 3.06. The molecule has 1 aliphatic heterocycles. The van der Waals surface area contributed by atoms with Gasteiger partial charge >= 0.3 is 0 Å². The van der Waals surface area contributed by atoms with Crippen molar-refractivity contribution >= 4 is 11.8 Å². The van der Waals surface area contributed by atoms with Gasteiger partial charge in [-0.15, -0.1) is 0 Å². The van der Waals surface area contributed by atoms with Gasteiger partial charge in [-0.25, -0.2) is 0 Å². The lowest BCUT2D eigenvalue weighted by molar-refractivity contribution is -0.127. The summed E-state index contributed by atoms with van der Waals surface area (Å²) in [6, 6.07) is 21.1. The van der Waals surface area contributed by atoms with Crippen molar-refractivity contribution in [2.24, 2.45) is 0 Å². The Labute approximate surface area is 195 Å². The molecule has 4 rings (SSSR count). The molecule has 0 aromatic heterocycles. The summed E-state index contributed by atoms with van der Waals surface area (Å²) < 4.78 is 5.45. The first-order chi connectivity index (χ1) is 15.7. The van der Waals surface area contributed by atoms with E-state index in [0.717, 1.165) is 27.8 Å². The Morgan fingerprint density at radius 1 is 1.00 bits per heavy atom. The number of fused-ring (bicyclic) bond motifs is 1. The van der Waals surface area contributed by atoms with Gasteiger partial charge in [-0.05, 0) is 56.0 Å². The van der Waals surface area contributed by atoms with E-state index < -0.39 is 11.6 Å². The van der Waals surface area contributed by atoms with E-state index >= 15 is 0 Å². The fourth-order valence-electron chi connectivity index (χ4n) is 4.50. The third kappa shape index (κ3) is 4.36. The van der Waals surface area contributed by atoms with Crippen LogP contribution in [0.15, 0.2) is 66.7 Å². The highest BCUT2D eigenvalue weighted by Gasteiger charge is 2.43. The molecule has 5 heteroatoms. The second-order valence-corrected chi connectivity index (χ2v) is 9.46. The zero-order valence-corrected chi connectivity index (χ0v) is 19.8. The number of amides is 2. The molecule has 0 saturated heterocycles. The van der Waals surface area contributed by atoms with E-state index in [1.165, 1.54) is 0 Å². The maximum atomic E-state index is 13.7. The Balaban J connectivity index is 1.79. The monoisotopic (exact) mass is 442 g/mol. The van der Waals surface area contributed by atoms with Crippen LogP contribution in [0.5, 0.6) is 5.75 Å². The minimum atomic E-state index is -0.708. The van der Waals surface area contributed by atoms with Crippen molar-refractivity contribution in [3.05, 3.63) is 89.0 Å². The Kier molecular flexibility index (Phi) is 5.98. The van der Waals surface area contributed by atoms with Crippen LogP contribution in [-0.4, -0.2) is 29.4 Å². The van der Waals surface area contributed by atoms with Gasteiger partial charge in [0, 0.05) is 17.6 Å². The molecule has 33 heavy (non-hydrogen) atoms. The molecular formula is C28H30N2O3. The number of ether oxygens (including phenoxy) is 1. The molecule has 0 radical (unpaired) electrons. The molecule has 1 aliphatic rings. The third-order valence-electron chi connectivity index (χ3n) is 5.94. The van der Waals surface area contributed by atoms with E-state index in [4.69, 9.17) is 4.74 Å². The fraction of sp³-hybridized carbons (Fsp3) is 0.286. The van der Waals surface area contributed by atoms with E-state index in [1.807, 2.05) is 76.2 Å². The summed E-state index contributed by atoms with van der Waals surface area (Å²) in [7, 11) is 1.59. The number of rotatable bonds is 5. The van der Waals surface area contributed by atoms with Gasteiger partial charge in [0.2, 0.25) is 5.91 Å². The maximum absolute atomic E-state index is 13.7. The van der Waals surface area contributed by atoms with Crippen LogP contribution in [0.25, 0.3) is 11.1 Å². The summed E-state index contributed by atoms with van der Waals surface area (Å²) in [5.41, 5.74) is 4.73. The summed E-state index contributed by atoms with van der Waals surface area (Å²) in [5, 5.41) is 3.07. The number of hydrogen-bond donors (Lipinski definition) is 1. The molecule has 0 bridgehead atoms. The minimum absolute atomic E-state index is 0.154. The van der Waals surface area contributed by atoms with E-state index in [9.17, 15) is 9.59 Å². The van der Waals surface area contributed by atoms with E-state index in [0.29, 0.717) is 17.9 Å². The van der Waals surface area contributed by atoms with Gasteiger partial charge in [-0.3, -0.25) is 9.59 Å². The first-order valence-electron chi connectivity index (χ1n) is 11.1. The molecule has 5 nitrogen and oxygen atoms in total. The first kappa shape index (κ1) is 22.6. The molecule has 0 saturated carbocycles. The molecule has 0 aliphatic carbocycles. The smallest absolute Gasteiger partial charge is 0.255 e. The summed E-state index contributed by atoms with van der Waals surface area (Å²) in [6.45, 7) is 8.02. The number of benzene rings is 3. The van der Waals surface area contributed by atoms with Crippen molar-refractivity contribution in [2.75, 3.05) is 7.11 Å². The predicted molar refractivity (Wildman–Crippen MR) is 130 cm³/mol. The van der Waals surface area contributed by atoms with E-state index in [1.54, 1.807) is 12.0 Å². The molecule has 2 amide bonds. The average molecular weight is 443 g/mol. The van der Waals surface area contributed by atoms with Crippen LogP contribution >= 0.6 is 0 Å². The van der Waals surface area contributed by atoms with Crippen LogP contribution in [0.3, 0.4) is 0 Å². The number of nitrogens with zero attached hydrogens (tertiary/aromatic N) is 1. The van der Waals surface area contributed by atoms with Crippen molar-refractivity contribution in [2.45, 2.75) is 45.8 Å². The summed E-state index contributed by atoms with van der Waals surface area (Å²) in [5.74, 6) is 0.304. The minimum Gasteiger partial charge on any atom is -0.496 e. The van der Waals surface area contributed by atoms with Crippen LogP contribution in [-0.2, 0) is 11.3 Å². The molecular weight excluding hydrogens is 412 g/mol. The molecule has 1 unspecified atom stereocenters. The van der Waals surface area contributed by atoms with E-state index in [-0.39, 0.29) is 11.8 Å². The number of hydrogen-bond acceptors (Lipinski definition) is 3. The van der Waals surface area contributed by atoms with E-state index in [2.05, 4.69) is 23.5 Å². The lowest BCUT2D eigenvalue weighted by Gasteiger charge is -2.29. The maximum Gasteiger partial charge on any atom is 0.255 e. The van der Waals surface area contributed by atoms with Crippen LogP contribution in [0, 0.1) is 6.92 Å². The van der Waals surface area contributed by atoms with Crippen molar-refractivity contribution in [3.8, 4) is 16.9 Å². The number of methoxy groups -OCH3 is 1. The topological polar surface area (TPSA) is 58.6 Å². The number of nitrogens with one attached hydrogen (secondary N) is 1. The summed E-state index contributed by atoms with van der Waals surface area (Å²) in [6.07, 6.45) is 0. The molecule has 0 spiro atoms. The summed E-state index contributed by atoms with van der Waals surface area (Å²) in [4.78, 5) is 28.8. The van der Waals surface area contributed by atoms with Crippen molar-refractivity contribution in [1.29, 1.82) is 0 Å². The van der Waals surface area contributed by atoms with Crippen molar-refractivity contribution < 1.29 is 14.3 Å². The zero-order valence-electron chi connectivity index (χ0n) is 19.8. The first-order valence-corrected chi connectivity index (χ1v) is 11.1. The Morgan fingerprint density at radius 2 is 1.67 bits per heavy atom. The highest BCUT2D eigenvalue weighted by molar-refractivity contribution is 6.06. The SMILES string of the molecule is COc1ccc2c(c1C)C(=O)N(Cc1ccccc1-c1ccccc1)C2C(=O)NC(C)(C)C. The summed E-state index contributed by atoms with van der Waals surface area (Å²) >= 11 is 0. The van der Waals surface area contributed by atoms with Gasteiger partial charge in [0.15, 0.2) is 0 Å². The predicted octanol–water partition coefficient (Wildman–Crippen LogP) is 5.28. The second kappa shape index (κ2) is 8.74. The highest BCUT2D eigenvalue weighted by Crippen LogP contribution is 2.40. The Morgan fingerprint density at radius 3 is 2.33 bits per heavy atom. The van der Waals surface area contributed by atoms with Crippen LogP contribution in [0.2, 0.25) is 0 Å². The van der Waals surface area contributed by atoms with Crippen molar-refractivity contribution in [1.82, 2.24) is 10.2 Å². The zero-order chi connectivity index (χ0) is 23.8. The van der Waals surface area contributed by atoms with Gasteiger partial charge in [-0.2, -0.15) is 0 Å². The molecule has 3 aromatic rings. The van der Waals surface area contributed by atoms with Gasteiger partial charge in [0.25, 0.3) is 5.91 Å². The van der Waals surface area contributed by atoms with Gasteiger partial charge in [0.05, 0.1) is 12.7 Å². The fourth-order valence-corrected chi connectivity index (χ4v) is 4.50. The van der Waals surface area contributed by atoms with Gasteiger partial charge in [-0.1, -0.05) is 60.7 Å². The third-order valence-corrected chi connectivity index (χ3v) is 5.94. The number of carbonyl (C=O) groups excluding carboxylic acids is 2. The Bertz CT molecular complexity index is 1200. The van der Waals surface area contributed by atoms with Crippen molar-refractivity contribution in [3.63, 3.8) is 0 Å².